The molecule has 0 spiro atoms. The van der Waals surface area contributed by atoms with E-state index < -0.39 is 5.60 Å². The van der Waals surface area contributed by atoms with Crippen LogP contribution < -0.4 is 0 Å². The molecule has 0 fully saturated rings. The number of nitrogens with zero attached hydrogens (tertiary/aromatic N) is 2. The van der Waals surface area contributed by atoms with E-state index in [1.165, 1.54) is 0 Å². The van der Waals surface area contributed by atoms with E-state index in [0.717, 1.165) is 23.0 Å². The minimum Gasteiger partial charge on any atom is -0.443 e. The second-order valence-corrected chi connectivity index (χ2v) is 6.26. The monoisotopic (exact) mass is 274 g/mol. The second kappa shape index (κ2) is 5.29. The highest BCUT2D eigenvalue weighted by atomic mass is 16.6. The first-order valence-electron chi connectivity index (χ1n) is 6.75. The maximum absolute atomic E-state index is 12.3. The van der Waals surface area contributed by atoms with Gasteiger partial charge in [0.2, 0.25) is 0 Å². The maximum Gasteiger partial charge on any atom is 0.419 e. The second-order valence-electron chi connectivity index (χ2n) is 6.26. The molecule has 1 aromatic carbocycles. The minimum absolute atomic E-state index is 0.335. The van der Waals surface area contributed by atoms with Crippen molar-refractivity contribution in [2.75, 3.05) is 14.1 Å². The molecule has 0 radical (unpaired) electrons. The molecule has 0 aliphatic rings. The lowest BCUT2D eigenvalue weighted by Crippen LogP contribution is -2.26. The third-order valence-corrected chi connectivity index (χ3v) is 2.87. The molecule has 2 rings (SSSR count). The van der Waals surface area contributed by atoms with Gasteiger partial charge < -0.3 is 9.64 Å². The third-order valence-electron chi connectivity index (χ3n) is 2.87. The molecule has 0 saturated carbocycles. The van der Waals surface area contributed by atoms with Crippen LogP contribution in [0, 0.1) is 0 Å². The van der Waals surface area contributed by atoms with Crippen LogP contribution in [0.2, 0.25) is 0 Å². The van der Waals surface area contributed by atoms with E-state index in [9.17, 15) is 4.79 Å². The number of para-hydroxylation sites is 1. The lowest BCUT2D eigenvalue weighted by atomic mass is 10.2. The molecular weight excluding hydrogens is 252 g/mol. The molecule has 0 unspecified atom stereocenters. The molecule has 0 bridgehead atoms. The van der Waals surface area contributed by atoms with E-state index >= 15 is 0 Å². The van der Waals surface area contributed by atoms with Crippen molar-refractivity contribution >= 4 is 17.0 Å². The minimum atomic E-state index is -0.496. The van der Waals surface area contributed by atoms with Gasteiger partial charge in [0.05, 0.1) is 5.52 Å². The van der Waals surface area contributed by atoms with Crippen molar-refractivity contribution in [3.05, 3.63) is 36.0 Å². The zero-order valence-electron chi connectivity index (χ0n) is 12.8. The molecule has 0 atom stereocenters. The Bertz CT molecular complexity index is 621. The maximum atomic E-state index is 12.3. The molecule has 1 heterocycles. The number of rotatable bonds is 2. The van der Waals surface area contributed by atoms with Crippen molar-refractivity contribution < 1.29 is 9.53 Å². The highest BCUT2D eigenvalue weighted by Gasteiger charge is 2.20. The van der Waals surface area contributed by atoms with Gasteiger partial charge in [0.25, 0.3) is 0 Å². The van der Waals surface area contributed by atoms with Crippen LogP contribution in [0.1, 0.15) is 26.3 Å². The Kier molecular flexibility index (Phi) is 3.86. The Balaban J connectivity index is 2.46. The highest BCUT2D eigenvalue weighted by molar-refractivity contribution is 5.92. The van der Waals surface area contributed by atoms with E-state index in [-0.39, 0.29) is 6.09 Å². The summed E-state index contributed by atoms with van der Waals surface area (Å²) in [4.78, 5) is 14.4. The number of benzene rings is 1. The first-order valence-corrected chi connectivity index (χ1v) is 6.75. The summed E-state index contributed by atoms with van der Waals surface area (Å²) in [7, 11) is 4.03. The van der Waals surface area contributed by atoms with Gasteiger partial charge in [0, 0.05) is 18.1 Å². The smallest absolute Gasteiger partial charge is 0.419 e. The zero-order chi connectivity index (χ0) is 14.9. The molecular formula is C16H22N2O2. The summed E-state index contributed by atoms with van der Waals surface area (Å²) in [5.74, 6) is 0. The Morgan fingerprint density at radius 2 is 1.90 bits per heavy atom. The van der Waals surface area contributed by atoms with Gasteiger partial charge >= 0.3 is 6.09 Å². The van der Waals surface area contributed by atoms with Crippen molar-refractivity contribution in [3.8, 4) is 0 Å². The average molecular weight is 274 g/mol. The molecule has 108 valence electrons. The third kappa shape index (κ3) is 3.20. The highest BCUT2D eigenvalue weighted by Crippen LogP contribution is 2.23. The number of fused-ring (bicyclic) bond motifs is 1. The van der Waals surface area contributed by atoms with Crippen LogP contribution in [0.3, 0.4) is 0 Å². The standard InChI is InChI=1S/C16H22N2O2/c1-16(2,3)20-15(19)18-11-12(10-17(4)5)13-8-6-7-9-14(13)18/h6-9,11H,10H2,1-5H3. The van der Waals surface area contributed by atoms with Gasteiger partial charge in [-0.25, -0.2) is 4.79 Å². The fraction of sp³-hybridized carbons (Fsp3) is 0.438. The molecule has 20 heavy (non-hydrogen) atoms. The molecule has 0 N–H and O–H groups in total. The van der Waals surface area contributed by atoms with Crippen molar-refractivity contribution in [3.63, 3.8) is 0 Å². The van der Waals surface area contributed by atoms with Crippen molar-refractivity contribution in [2.24, 2.45) is 0 Å². The first kappa shape index (κ1) is 14.6. The van der Waals surface area contributed by atoms with E-state index in [2.05, 4.69) is 4.90 Å². The summed E-state index contributed by atoms with van der Waals surface area (Å²) < 4.78 is 7.06. The number of hydrogen-bond donors (Lipinski definition) is 0. The number of ether oxygens (including phenoxy) is 1. The fourth-order valence-electron chi connectivity index (χ4n) is 2.18. The topological polar surface area (TPSA) is 34.5 Å². The Labute approximate surface area is 119 Å². The fourth-order valence-corrected chi connectivity index (χ4v) is 2.18. The molecule has 0 aliphatic heterocycles. The Hall–Kier alpha value is -1.81. The van der Waals surface area contributed by atoms with E-state index in [4.69, 9.17) is 4.74 Å². The molecule has 0 saturated heterocycles. The summed E-state index contributed by atoms with van der Waals surface area (Å²) >= 11 is 0. The predicted octanol–water partition coefficient (Wildman–Crippen LogP) is 3.49. The number of aromatic nitrogens is 1. The van der Waals surface area contributed by atoms with Gasteiger partial charge in [-0.1, -0.05) is 18.2 Å². The number of carbonyl (C=O) groups excluding carboxylic acids is 1. The van der Waals surface area contributed by atoms with Crippen LogP contribution >= 0.6 is 0 Å². The van der Waals surface area contributed by atoms with E-state index in [1.54, 1.807) is 4.57 Å². The van der Waals surface area contributed by atoms with Gasteiger partial charge in [-0.3, -0.25) is 4.57 Å². The molecule has 0 amide bonds. The lowest BCUT2D eigenvalue weighted by molar-refractivity contribution is 0.0544. The van der Waals surface area contributed by atoms with Crippen molar-refractivity contribution in [1.82, 2.24) is 9.47 Å². The van der Waals surface area contributed by atoms with Gasteiger partial charge in [0.1, 0.15) is 5.60 Å². The summed E-state index contributed by atoms with van der Waals surface area (Å²) in [5.41, 5.74) is 1.51. The summed E-state index contributed by atoms with van der Waals surface area (Å²) in [6.45, 7) is 6.41. The lowest BCUT2D eigenvalue weighted by Gasteiger charge is -2.19. The molecule has 4 heteroatoms. The molecule has 0 aliphatic carbocycles. The zero-order valence-corrected chi connectivity index (χ0v) is 12.8. The summed E-state index contributed by atoms with van der Waals surface area (Å²) in [6, 6.07) is 7.90. The van der Waals surface area contributed by atoms with Gasteiger partial charge in [-0.05, 0) is 46.5 Å². The van der Waals surface area contributed by atoms with Crippen LogP contribution in [0.15, 0.2) is 30.5 Å². The SMILES string of the molecule is CN(C)Cc1cn(C(=O)OC(C)(C)C)c2ccccc12. The van der Waals surface area contributed by atoms with Crippen molar-refractivity contribution in [1.29, 1.82) is 0 Å². The van der Waals surface area contributed by atoms with E-state index in [0.29, 0.717) is 0 Å². The van der Waals surface area contributed by atoms with Gasteiger partial charge in [-0.15, -0.1) is 0 Å². The quantitative estimate of drug-likeness (QED) is 0.840. The van der Waals surface area contributed by atoms with Crippen LogP contribution in [0.4, 0.5) is 4.79 Å². The Morgan fingerprint density at radius 1 is 1.25 bits per heavy atom. The van der Waals surface area contributed by atoms with Crippen LogP contribution in [0.25, 0.3) is 10.9 Å². The van der Waals surface area contributed by atoms with Crippen LogP contribution in [0.5, 0.6) is 0 Å². The normalized spacial score (nSPS) is 12.1. The first-order chi connectivity index (χ1) is 9.28. The molecule has 1 aromatic heterocycles. The average Bonchev–Trinajstić information content (AvgIpc) is 2.66. The summed E-state index contributed by atoms with van der Waals surface area (Å²) in [6.07, 6.45) is 1.54. The van der Waals surface area contributed by atoms with E-state index in [1.807, 2.05) is 65.3 Å². The largest absolute Gasteiger partial charge is 0.443 e. The van der Waals surface area contributed by atoms with Crippen LogP contribution in [-0.4, -0.2) is 35.3 Å². The van der Waals surface area contributed by atoms with Crippen molar-refractivity contribution in [2.45, 2.75) is 32.9 Å². The number of hydrogen-bond acceptors (Lipinski definition) is 3. The Morgan fingerprint density at radius 3 is 2.50 bits per heavy atom. The summed E-state index contributed by atoms with van der Waals surface area (Å²) in [5, 5.41) is 1.09. The molecule has 4 nitrogen and oxygen atoms in total. The van der Waals surface area contributed by atoms with Gasteiger partial charge in [-0.2, -0.15) is 0 Å². The number of carbonyl (C=O) groups is 1. The van der Waals surface area contributed by atoms with Gasteiger partial charge in [0.15, 0.2) is 0 Å². The molecule has 2 aromatic rings. The van der Waals surface area contributed by atoms with Crippen LogP contribution in [-0.2, 0) is 11.3 Å². The predicted molar refractivity (Wildman–Crippen MR) is 81.0 cm³/mol.